The van der Waals surface area contributed by atoms with Crippen LogP contribution in [0.3, 0.4) is 0 Å². The number of methoxy groups -OCH3 is 1. The second-order valence-electron chi connectivity index (χ2n) is 8.99. The first-order chi connectivity index (χ1) is 18.0. The number of sulfone groups is 1. The Morgan fingerprint density at radius 2 is 1.51 bits per heavy atom. The molecule has 37 heavy (non-hydrogen) atoms. The van der Waals surface area contributed by atoms with Crippen LogP contribution in [-0.2, 0) is 9.84 Å². The number of aromatic amines is 1. The minimum atomic E-state index is -3.75. The number of rotatable bonds is 5. The third kappa shape index (κ3) is 3.86. The van der Waals surface area contributed by atoms with Crippen molar-refractivity contribution in [3.05, 3.63) is 109 Å². The number of benzene rings is 4. The van der Waals surface area contributed by atoms with Gasteiger partial charge in [-0.1, -0.05) is 54.1 Å². The van der Waals surface area contributed by atoms with Crippen molar-refractivity contribution in [3.63, 3.8) is 0 Å². The van der Waals surface area contributed by atoms with E-state index in [1.165, 1.54) is 0 Å². The highest BCUT2D eigenvalue weighted by molar-refractivity contribution is 7.91. The van der Waals surface area contributed by atoms with Crippen LogP contribution in [0, 0.1) is 6.92 Å². The monoisotopic (exact) mass is 504 g/mol. The van der Waals surface area contributed by atoms with Crippen molar-refractivity contribution in [1.82, 2.24) is 9.97 Å². The van der Waals surface area contributed by atoms with Crippen LogP contribution in [0.15, 0.2) is 113 Å². The largest absolute Gasteiger partial charge is 0.497 e. The maximum atomic E-state index is 13.8. The van der Waals surface area contributed by atoms with E-state index in [0.717, 1.165) is 50.1 Å². The smallest absolute Gasteiger partial charge is 0.207 e. The van der Waals surface area contributed by atoms with E-state index in [4.69, 9.17) is 9.72 Å². The van der Waals surface area contributed by atoms with E-state index in [0.29, 0.717) is 5.39 Å². The molecule has 2 aromatic heterocycles. The fourth-order valence-electron chi connectivity index (χ4n) is 4.80. The summed E-state index contributed by atoms with van der Waals surface area (Å²) in [5.41, 5.74) is 6.23. The molecular formula is C31H24N2O3S. The van der Waals surface area contributed by atoms with Gasteiger partial charge >= 0.3 is 0 Å². The molecule has 6 rings (SSSR count). The number of pyridine rings is 1. The Kier molecular flexibility index (Phi) is 5.54. The first-order valence-corrected chi connectivity index (χ1v) is 13.4. The number of ether oxygens (including phenoxy) is 1. The summed E-state index contributed by atoms with van der Waals surface area (Å²) in [6, 6.07) is 30.1. The summed E-state index contributed by atoms with van der Waals surface area (Å²) in [6.07, 6.45) is 1.77. The van der Waals surface area contributed by atoms with Crippen LogP contribution in [0.25, 0.3) is 44.2 Å². The molecular weight excluding hydrogens is 480 g/mol. The van der Waals surface area contributed by atoms with Crippen LogP contribution in [0.1, 0.15) is 5.56 Å². The number of fused-ring (bicyclic) bond motifs is 3. The zero-order chi connectivity index (χ0) is 25.6. The van der Waals surface area contributed by atoms with Crippen molar-refractivity contribution in [3.8, 4) is 28.1 Å². The normalized spacial score (nSPS) is 11.7. The molecule has 0 aliphatic carbocycles. The Bertz CT molecular complexity index is 1860. The van der Waals surface area contributed by atoms with Crippen LogP contribution < -0.4 is 4.74 Å². The standard InChI is InChI=1S/C31H24N2O3S/c1-20-11-17-24(18-12-20)37(34,35)27-10-6-9-26-29(27)25-19-32-30(22-13-15-23(36-2)16-14-22)28(31(25)33-26)21-7-4-3-5-8-21/h3-19,33H,1-2H3. The molecule has 0 spiro atoms. The van der Waals surface area contributed by atoms with Crippen molar-refractivity contribution < 1.29 is 13.2 Å². The van der Waals surface area contributed by atoms with Gasteiger partial charge in [-0.15, -0.1) is 0 Å². The Hall–Kier alpha value is -4.42. The highest BCUT2D eigenvalue weighted by Gasteiger charge is 2.24. The summed E-state index contributed by atoms with van der Waals surface area (Å²) in [6.45, 7) is 1.94. The number of H-pyrrole nitrogens is 1. The number of hydrogen-bond donors (Lipinski definition) is 1. The highest BCUT2D eigenvalue weighted by Crippen LogP contribution is 2.41. The lowest BCUT2D eigenvalue weighted by molar-refractivity contribution is 0.415. The number of aryl methyl sites for hydroxylation is 1. The molecule has 0 aliphatic heterocycles. The topological polar surface area (TPSA) is 72.0 Å². The predicted molar refractivity (Wildman–Crippen MR) is 148 cm³/mol. The van der Waals surface area contributed by atoms with Gasteiger partial charge < -0.3 is 9.72 Å². The Morgan fingerprint density at radius 1 is 0.784 bits per heavy atom. The minimum absolute atomic E-state index is 0.262. The van der Waals surface area contributed by atoms with Gasteiger partial charge in [-0.2, -0.15) is 0 Å². The van der Waals surface area contributed by atoms with Gasteiger partial charge in [0.05, 0.1) is 28.1 Å². The van der Waals surface area contributed by atoms with Crippen molar-refractivity contribution in [2.45, 2.75) is 16.7 Å². The van der Waals surface area contributed by atoms with E-state index in [2.05, 4.69) is 4.98 Å². The van der Waals surface area contributed by atoms with Crippen molar-refractivity contribution in [2.24, 2.45) is 0 Å². The number of hydrogen-bond acceptors (Lipinski definition) is 4. The molecule has 4 aromatic carbocycles. The van der Waals surface area contributed by atoms with E-state index in [1.807, 2.05) is 79.7 Å². The van der Waals surface area contributed by atoms with Crippen LogP contribution in [0.2, 0.25) is 0 Å². The summed E-state index contributed by atoms with van der Waals surface area (Å²) in [5.74, 6) is 0.766. The third-order valence-corrected chi connectivity index (χ3v) is 8.49. The molecule has 6 heteroatoms. The molecule has 0 amide bonds. The van der Waals surface area contributed by atoms with Gasteiger partial charge in [-0.25, -0.2) is 8.42 Å². The Morgan fingerprint density at radius 3 is 2.22 bits per heavy atom. The summed E-state index contributed by atoms with van der Waals surface area (Å²) in [5, 5.41) is 1.40. The number of aromatic nitrogens is 2. The van der Waals surface area contributed by atoms with Gasteiger partial charge in [0.1, 0.15) is 5.75 Å². The first kappa shape index (κ1) is 23.0. The lowest BCUT2D eigenvalue weighted by Crippen LogP contribution is -2.02. The zero-order valence-corrected chi connectivity index (χ0v) is 21.2. The quantitative estimate of drug-likeness (QED) is 0.269. The third-order valence-electron chi connectivity index (χ3n) is 6.68. The number of nitrogens with zero attached hydrogens (tertiary/aromatic N) is 1. The maximum absolute atomic E-state index is 13.8. The first-order valence-electron chi connectivity index (χ1n) is 11.9. The van der Waals surface area contributed by atoms with Gasteiger partial charge in [0.15, 0.2) is 0 Å². The molecule has 5 nitrogen and oxygen atoms in total. The lowest BCUT2D eigenvalue weighted by atomic mass is 9.97. The Labute approximate surface area is 215 Å². The van der Waals surface area contributed by atoms with Crippen LogP contribution in [0.5, 0.6) is 5.75 Å². The average Bonchev–Trinajstić information content (AvgIpc) is 3.32. The summed E-state index contributed by atoms with van der Waals surface area (Å²) < 4.78 is 32.9. The molecule has 0 bridgehead atoms. The molecule has 0 aliphatic rings. The van der Waals surface area contributed by atoms with Crippen LogP contribution >= 0.6 is 0 Å². The van der Waals surface area contributed by atoms with E-state index in [-0.39, 0.29) is 9.79 Å². The predicted octanol–water partition coefficient (Wildman–Crippen LogP) is 7.20. The second-order valence-corrected chi connectivity index (χ2v) is 10.9. The van der Waals surface area contributed by atoms with E-state index < -0.39 is 9.84 Å². The SMILES string of the molecule is COc1ccc(-c2ncc3c([nH]c4cccc(S(=O)(=O)c5ccc(C)cc5)c43)c2-c2ccccc2)cc1. The summed E-state index contributed by atoms with van der Waals surface area (Å²) in [7, 11) is -2.11. The van der Waals surface area contributed by atoms with Crippen molar-refractivity contribution >= 4 is 31.6 Å². The molecule has 0 saturated carbocycles. The molecule has 0 saturated heterocycles. The molecule has 182 valence electrons. The molecule has 0 atom stereocenters. The van der Waals surface area contributed by atoms with E-state index in [1.54, 1.807) is 37.6 Å². The van der Waals surface area contributed by atoms with Crippen molar-refractivity contribution in [2.75, 3.05) is 7.11 Å². The van der Waals surface area contributed by atoms with Crippen molar-refractivity contribution in [1.29, 1.82) is 0 Å². The van der Waals surface area contributed by atoms with Crippen LogP contribution in [0.4, 0.5) is 0 Å². The van der Waals surface area contributed by atoms with Gasteiger partial charge in [-0.3, -0.25) is 4.98 Å². The van der Waals surface area contributed by atoms with Crippen LogP contribution in [-0.4, -0.2) is 25.5 Å². The molecule has 2 heterocycles. The fourth-order valence-corrected chi connectivity index (χ4v) is 6.30. The maximum Gasteiger partial charge on any atom is 0.207 e. The molecule has 1 N–H and O–H groups in total. The van der Waals surface area contributed by atoms with Gasteiger partial charge in [0.2, 0.25) is 9.84 Å². The van der Waals surface area contributed by atoms with E-state index >= 15 is 0 Å². The average molecular weight is 505 g/mol. The lowest BCUT2D eigenvalue weighted by Gasteiger charge is -2.12. The fraction of sp³-hybridized carbons (Fsp3) is 0.0645. The second kappa shape index (κ2) is 8.91. The minimum Gasteiger partial charge on any atom is -0.497 e. The number of nitrogens with one attached hydrogen (secondary N) is 1. The molecule has 0 fully saturated rings. The van der Waals surface area contributed by atoms with Gasteiger partial charge in [0, 0.05) is 33.6 Å². The van der Waals surface area contributed by atoms with E-state index in [9.17, 15) is 8.42 Å². The highest BCUT2D eigenvalue weighted by atomic mass is 32.2. The summed E-state index contributed by atoms with van der Waals surface area (Å²) >= 11 is 0. The summed E-state index contributed by atoms with van der Waals surface area (Å²) in [4.78, 5) is 8.94. The van der Waals surface area contributed by atoms with Gasteiger partial charge in [0.25, 0.3) is 0 Å². The van der Waals surface area contributed by atoms with Gasteiger partial charge in [-0.05, 0) is 61.0 Å². The molecule has 6 aromatic rings. The zero-order valence-electron chi connectivity index (χ0n) is 20.4. The molecule has 0 radical (unpaired) electrons. The molecule has 0 unspecified atom stereocenters. The Balaban J connectivity index is 1.66.